The quantitative estimate of drug-likeness (QED) is 0.415. The fourth-order valence-electron chi connectivity index (χ4n) is 4.31. The van der Waals surface area contributed by atoms with Crippen molar-refractivity contribution in [3.05, 3.63) is 108 Å². The highest BCUT2D eigenvalue weighted by Crippen LogP contribution is 2.40. The van der Waals surface area contributed by atoms with Crippen molar-refractivity contribution in [1.29, 1.82) is 0 Å². The van der Waals surface area contributed by atoms with Crippen molar-refractivity contribution in [3.63, 3.8) is 0 Å². The summed E-state index contributed by atoms with van der Waals surface area (Å²) in [5.74, 6) is 0. The van der Waals surface area contributed by atoms with E-state index in [1.54, 1.807) is 0 Å². The number of aryl methyl sites for hydroxylation is 3. The summed E-state index contributed by atoms with van der Waals surface area (Å²) in [4.78, 5) is 0. The molecule has 1 aromatic heterocycles. The molecule has 132 valence electrons. The normalized spacial score (nSPS) is 12.4. The maximum absolute atomic E-state index is 2.56. The first-order valence-electron chi connectivity index (χ1n) is 9.80. The van der Waals surface area contributed by atoms with E-state index >= 15 is 0 Å². The molecular weight excluding hydrogens is 326 g/mol. The minimum Gasteiger partial charge on any atom is -0.344 e. The van der Waals surface area contributed by atoms with Gasteiger partial charge in [0.05, 0.1) is 5.69 Å². The molecule has 0 radical (unpaired) electrons. The van der Waals surface area contributed by atoms with E-state index in [9.17, 15) is 0 Å². The SMILES string of the molecule is c1ccc(CCc2cc(-c3ccccc3)c3n2CCc2ccccc2-3)cc1. The van der Waals surface area contributed by atoms with Crippen LogP contribution < -0.4 is 0 Å². The van der Waals surface area contributed by atoms with Crippen molar-refractivity contribution in [2.24, 2.45) is 0 Å². The summed E-state index contributed by atoms with van der Waals surface area (Å²) in [5.41, 5.74) is 9.79. The van der Waals surface area contributed by atoms with E-state index in [4.69, 9.17) is 0 Å². The lowest BCUT2D eigenvalue weighted by Crippen LogP contribution is -2.13. The van der Waals surface area contributed by atoms with Gasteiger partial charge in [-0.2, -0.15) is 0 Å². The van der Waals surface area contributed by atoms with Crippen LogP contribution in [0.1, 0.15) is 16.8 Å². The zero-order valence-electron chi connectivity index (χ0n) is 15.4. The molecule has 0 saturated carbocycles. The van der Waals surface area contributed by atoms with Gasteiger partial charge in [-0.05, 0) is 42.0 Å². The van der Waals surface area contributed by atoms with Gasteiger partial charge in [0.1, 0.15) is 0 Å². The number of nitrogens with zero attached hydrogens (tertiary/aromatic N) is 1. The molecule has 1 heteroatoms. The van der Waals surface area contributed by atoms with Gasteiger partial charge in [-0.15, -0.1) is 0 Å². The van der Waals surface area contributed by atoms with Crippen LogP contribution in [-0.4, -0.2) is 4.57 Å². The Morgan fingerprint density at radius 1 is 0.667 bits per heavy atom. The Labute approximate surface area is 160 Å². The van der Waals surface area contributed by atoms with Crippen molar-refractivity contribution in [3.8, 4) is 22.4 Å². The molecule has 1 nitrogen and oxygen atoms in total. The van der Waals surface area contributed by atoms with Gasteiger partial charge in [0.25, 0.3) is 0 Å². The van der Waals surface area contributed by atoms with Crippen LogP contribution in [0.4, 0.5) is 0 Å². The molecule has 0 saturated heterocycles. The Balaban J connectivity index is 1.61. The highest BCUT2D eigenvalue weighted by atomic mass is 15.0. The first kappa shape index (κ1) is 16.1. The van der Waals surface area contributed by atoms with E-state index in [0.29, 0.717) is 0 Å². The number of benzene rings is 3. The molecule has 0 atom stereocenters. The number of rotatable bonds is 4. The Kier molecular flexibility index (Phi) is 4.14. The summed E-state index contributed by atoms with van der Waals surface area (Å²) < 4.78 is 2.56. The molecule has 2 heterocycles. The second kappa shape index (κ2) is 6.92. The predicted molar refractivity (Wildman–Crippen MR) is 113 cm³/mol. The molecule has 5 rings (SSSR count). The van der Waals surface area contributed by atoms with Crippen molar-refractivity contribution >= 4 is 0 Å². The van der Waals surface area contributed by atoms with E-state index in [1.165, 1.54) is 39.2 Å². The van der Waals surface area contributed by atoms with E-state index in [1.807, 2.05) is 0 Å². The first-order valence-corrected chi connectivity index (χ1v) is 9.80. The van der Waals surface area contributed by atoms with Crippen LogP contribution in [0.5, 0.6) is 0 Å². The molecule has 0 fully saturated rings. The molecule has 0 unspecified atom stereocenters. The van der Waals surface area contributed by atoms with Gasteiger partial charge in [0, 0.05) is 23.4 Å². The van der Waals surface area contributed by atoms with Crippen LogP contribution in [0.2, 0.25) is 0 Å². The highest BCUT2D eigenvalue weighted by molar-refractivity contribution is 5.84. The summed E-state index contributed by atoms with van der Waals surface area (Å²) in [5, 5.41) is 0. The Morgan fingerprint density at radius 3 is 2.19 bits per heavy atom. The Hall–Kier alpha value is -3.06. The maximum atomic E-state index is 2.56. The molecule has 1 aliphatic rings. The molecule has 0 bridgehead atoms. The zero-order chi connectivity index (χ0) is 18.1. The van der Waals surface area contributed by atoms with Crippen LogP contribution in [0.15, 0.2) is 91.0 Å². The molecule has 1 aliphatic heterocycles. The summed E-state index contributed by atoms with van der Waals surface area (Å²) in [6, 6.07) is 33.0. The predicted octanol–water partition coefficient (Wildman–Crippen LogP) is 6.16. The molecule has 0 amide bonds. The average Bonchev–Trinajstić information content (AvgIpc) is 3.13. The molecule has 3 aromatic carbocycles. The second-order valence-electron chi connectivity index (χ2n) is 7.31. The zero-order valence-corrected chi connectivity index (χ0v) is 15.4. The smallest absolute Gasteiger partial charge is 0.0565 e. The topological polar surface area (TPSA) is 4.93 Å². The summed E-state index contributed by atoms with van der Waals surface area (Å²) in [6.07, 6.45) is 3.27. The highest BCUT2D eigenvalue weighted by Gasteiger charge is 2.23. The molecule has 0 N–H and O–H groups in total. The lowest BCUT2D eigenvalue weighted by molar-refractivity contribution is 0.650. The van der Waals surface area contributed by atoms with E-state index in [2.05, 4.69) is 95.6 Å². The fourth-order valence-corrected chi connectivity index (χ4v) is 4.31. The lowest BCUT2D eigenvalue weighted by atomic mass is 9.94. The van der Waals surface area contributed by atoms with Crippen LogP contribution in [0.3, 0.4) is 0 Å². The van der Waals surface area contributed by atoms with Gasteiger partial charge in [-0.3, -0.25) is 0 Å². The van der Waals surface area contributed by atoms with E-state index < -0.39 is 0 Å². The molecule has 27 heavy (non-hydrogen) atoms. The van der Waals surface area contributed by atoms with Gasteiger partial charge in [-0.25, -0.2) is 0 Å². The minimum absolute atomic E-state index is 1.07. The van der Waals surface area contributed by atoms with Crippen LogP contribution in [-0.2, 0) is 25.8 Å². The van der Waals surface area contributed by atoms with Gasteiger partial charge in [0.15, 0.2) is 0 Å². The van der Waals surface area contributed by atoms with Crippen molar-refractivity contribution in [2.45, 2.75) is 25.8 Å². The van der Waals surface area contributed by atoms with E-state index in [0.717, 1.165) is 25.8 Å². The third kappa shape index (κ3) is 3.00. The summed E-state index contributed by atoms with van der Waals surface area (Å²) in [7, 11) is 0. The van der Waals surface area contributed by atoms with Crippen LogP contribution in [0.25, 0.3) is 22.4 Å². The monoisotopic (exact) mass is 349 g/mol. The van der Waals surface area contributed by atoms with Gasteiger partial charge < -0.3 is 4.57 Å². The third-order valence-electron chi connectivity index (χ3n) is 5.66. The summed E-state index contributed by atoms with van der Waals surface area (Å²) >= 11 is 0. The molecule has 4 aromatic rings. The first-order chi connectivity index (χ1) is 13.4. The van der Waals surface area contributed by atoms with E-state index in [-0.39, 0.29) is 0 Å². The van der Waals surface area contributed by atoms with Crippen LogP contribution in [0, 0.1) is 0 Å². The van der Waals surface area contributed by atoms with Crippen molar-refractivity contribution < 1.29 is 0 Å². The second-order valence-corrected chi connectivity index (χ2v) is 7.31. The van der Waals surface area contributed by atoms with Crippen molar-refractivity contribution in [1.82, 2.24) is 4.57 Å². The van der Waals surface area contributed by atoms with Crippen LogP contribution >= 0.6 is 0 Å². The minimum atomic E-state index is 1.07. The number of hydrogen-bond acceptors (Lipinski definition) is 0. The molecule has 0 aliphatic carbocycles. The number of hydrogen-bond donors (Lipinski definition) is 0. The van der Waals surface area contributed by atoms with Gasteiger partial charge >= 0.3 is 0 Å². The number of aromatic nitrogens is 1. The average molecular weight is 349 g/mol. The standard InChI is InChI=1S/C26H23N/c1-3-9-20(10-4-1)15-16-23-19-25(21-11-5-2-6-12-21)26-24-14-8-7-13-22(24)17-18-27(23)26/h1-14,19H,15-18H2. The van der Waals surface area contributed by atoms with Crippen molar-refractivity contribution in [2.75, 3.05) is 0 Å². The Morgan fingerprint density at radius 2 is 1.37 bits per heavy atom. The summed E-state index contributed by atoms with van der Waals surface area (Å²) in [6.45, 7) is 1.07. The van der Waals surface area contributed by atoms with Gasteiger partial charge in [-0.1, -0.05) is 84.9 Å². The third-order valence-corrected chi connectivity index (χ3v) is 5.66. The fraction of sp³-hybridized carbons (Fsp3) is 0.154. The van der Waals surface area contributed by atoms with Gasteiger partial charge in [0.2, 0.25) is 0 Å². The lowest BCUT2D eigenvalue weighted by Gasteiger charge is -2.22. The largest absolute Gasteiger partial charge is 0.344 e. The molecule has 0 spiro atoms. The molecular formula is C26H23N. The maximum Gasteiger partial charge on any atom is 0.0565 e. The number of fused-ring (bicyclic) bond motifs is 3. The Bertz CT molecular complexity index is 1060.